The number of hydrogen-bond acceptors (Lipinski definition) is 3. The number of rotatable bonds is 3. The van der Waals surface area contributed by atoms with Crippen molar-refractivity contribution in [2.75, 3.05) is 5.32 Å². The van der Waals surface area contributed by atoms with Crippen LogP contribution in [0.25, 0.3) is 22.4 Å². The van der Waals surface area contributed by atoms with E-state index in [9.17, 15) is 10.1 Å². The minimum Gasteiger partial charge on any atom is -0.341 e. The van der Waals surface area contributed by atoms with Gasteiger partial charge in [0.15, 0.2) is 0 Å². The van der Waals surface area contributed by atoms with Crippen LogP contribution in [-0.4, -0.2) is 9.49 Å². The first-order valence-electron chi connectivity index (χ1n) is 9.20. The number of nitrogens with one attached hydrogen (secondary N) is 1. The highest BCUT2D eigenvalue weighted by Crippen LogP contribution is 2.49. The van der Waals surface area contributed by atoms with Gasteiger partial charge in [0.25, 0.3) is 0 Å². The van der Waals surface area contributed by atoms with Crippen LogP contribution < -0.4 is 5.32 Å². The lowest BCUT2D eigenvalue weighted by Gasteiger charge is -2.23. The van der Waals surface area contributed by atoms with Crippen LogP contribution in [0.5, 0.6) is 0 Å². The minimum atomic E-state index is -0.268. The van der Waals surface area contributed by atoms with Crippen LogP contribution in [0.4, 0.5) is 17.2 Å². The van der Waals surface area contributed by atoms with Gasteiger partial charge in [0.2, 0.25) is 0 Å². The Morgan fingerprint density at radius 1 is 0.931 bits per heavy atom. The predicted octanol–water partition coefficient (Wildman–Crippen LogP) is 6.60. The van der Waals surface area contributed by atoms with E-state index < -0.39 is 0 Å². The zero-order chi connectivity index (χ0) is 20.0. The summed E-state index contributed by atoms with van der Waals surface area (Å²) in [4.78, 5) is 12.0. The topological polar surface area (TPSA) is 60.1 Å². The van der Waals surface area contributed by atoms with Crippen LogP contribution in [0.15, 0.2) is 83.3 Å². The summed E-state index contributed by atoms with van der Waals surface area (Å²) in [5.74, 6) is 0.743. The third-order valence-corrected chi connectivity index (χ3v) is 5.67. The Bertz CT molecular complexity index is 1250. The lowest BCUT2D eigenvalue weighted by molar-refractivity contribution is -0.383. The van der Waals surface area contributed by atoms with Crippen LogP contribution in [0.1, 0.15) is 5.56 Å². The first-order chi connectivity index (χ1) is 14.1. The summed E-state index contributed by atoms with van der Waals surface area (Å²) in [6, 6.07) is 25.2. The van der Waals surface area contributed by atoms with Gasteiger partial charge in [-0.25, -0.2) is 0 Å². The highest BCUT2D eigenvalue weighted by atomic mass is 79.9. The van der Waals surface area contributed by atoms with Crippen molar-refractivity contribution in [1.82, 2.24) is 4.57 Å². The number of fused-ring (bicyclic) bond motifs is 2. The van der Waals surface area contributed by atoms with Crippen LogP contribution in [0.3, 0.4) is 0 Å². The molecule has 1 aliphatic rings. The predicted molar refractivity (Wildman–Crippen MR) is 118 cm³/mol. The van der Waals surface area contributed by atoms with E-state index >= 15 is 0 Å². The SMILES string of the molecule is O=[N+]([O-])c1c(-c2cccc(Br)c2)c2n(c1-c1ccccc1)Cc1ccccc1N2. The summed E-state index contributed by atoms with van der Waals surface area (Å²) < 4.78 is 2.90. The van der Waals surface area contributed by atoms with E-state index in [2.05, 4.69) is 21.2 Å². The van der Waals surface area contributed by atoms with Crippen molar-refractivity contribution in [1.29, 1.82) is 0 Å². The van der Waals surface area contributed by atoms with Gasteiger partial charge in [0, 0.05) is 15.7 Å². The van der Waals surface area contributed by atoms with Crippen molar-refractivity contribution in [3.8, 4) is 22.4 Å². The van der Waals surface area contributed by atoms with Crippen LogP contribution in [0, 0.1) is 10.1 Å². The second-order valence-corrected chi connectivity index (χ2v) is 7.84. The van der Waals surface area contributed by atoms with Gasteiger partial charge in [0.05, 0.1) is 11.5 Å². The van der Waals surface area contributed by atoms with Crippen LogP contribution >= 0.6 is 15.9 Å². The van der Waals surface area contributed by atoms with Gasteiger partial charge in [0.1, 0.15) is 17.1 Å². The molecular weight excluding hydrogens is 430 g/mol. The molecule has 0 radical (unpaired) electrons. The number of nitrogens with zero attached hydrogens (tertiary/aromatic N) is 2. The summed E-state index contributed by atoms with van der Waals surface area (Å²) in [6.07, 6.45) is 0. The average Bonchev–Trinajstić information content (AvgIpc) is 3.07. The highest BCUT2D eigenvalue weighted by molar-refractivity contribution is 9.10. The fraction of sp³-hybridized carbons (Fsp3) is 0.0435. The standard InChI is InChI=1S/C23H16BrN3O2/c24-18-11-6-10-16(13-18)20-22(27(28)29)21(15-7-2-1-3-8-15)26-14-17-9-4-5-12-19(17)25-23(20)26/h1-13,25H,14H2. The molecule has 5 rings (SSSR count). The molecule has 0 bridgehead atoms. The van der Waals surface area contributed by atoms with Gasteiger partial charge in [-0.3, -0.25) is 10.1 Å². The zero-order valence-electron chi connectivity index (χ0n) is 15.3. The second kappa shape index (κ2) is 6.90. The number of aromatic nitrogens is 1. The number of halogens is 1. The van der Waals surface area contributed by atoms with Crippen molar-refractivity contribution in [2.24, 2.45) is 0 Å². The third-order valence-electron chi connectivity index (χ3n) is 5.18. The van der Waals surface area contributed by atoms with Gasteiger partial charge in [-0.15, -0.1) is 0 Å². The first-order valence-corrected chi connectivity index (χ1v) is 10.00. The molecule has 0 amide bonds. The molecule has 6 heteroatoms. The lowest BCUT2D eigenvalue weighted by atomic mass is 10.0. The molecule has 5 nitrogen and oxygen atoms in total. The number of anilines is 2. The Hall–Kier alpha value is -3.38. The molecule has 1 aliphatic heterocycles. The number of benzene rings is 3. The van der Waals surface area contributed by atoms with Gasteiger partial charge in [-0.2, -0.15) is 0 Å². The normalized spacial score (nSPS) is 12.0. The third kappa shape index (κ3) is 2.93. The molecular formula is C23H16BrN3O2. The Balaban J connectivity index is 1.86. The van der Waals surface area contributed by atoms with Gasteiger partial charge < -0.3 is 9.88 Å². The number of para-hydroxylation sites is 1. The Morgan fingerprint density at radius 3 is 2.41 bits per heavy atom. The largest absolute Gasteiger partial charge is 0.341 e. The fourth-order valence-electron chi connectivity index (χ4n) is 3.96. The summed E-state index contributed by atoms with van der Waals surface area (Å²) in [5, 5.41) is 15.8. The summed E-state index contributed by atoms with van der Waals surface area (Å²) in [6.45, 7) is 0.567. The molecule has 4 aromatic rings. The van der Waals surface area contributed by atoms with Gasteiger partial charge in [-0.05, 0) is 29.3 Å². The Kier molecular flexibility index (Phi) is 4.21. The molecule has 1 aromatic heterocycles. The van der Waals surface area contributed by atoms with Gasteiger partial charge in [-0.1, -0.05) is 76.6 Å². The second-order valence-electron chi connectivity index (χ2n) is 6.92. The number of nitro groups is 1. The molecule has 0 unspecified atom stereocenters. The average molecular weight is 446 g/mol. The van der Waals surface area contributed by atoms with Crippen molar-refractivity contribution >= 4 is 33.1 Å². The molecule has 0 aliphatic carbocycles. The first kappa shape index (κ1) is 17.7. The van der Waals surface area contributed by atoms with E-state index in [0.29, 0.717) is 17.8 Å². The van der Waals surface area contributed by atoms with Crippen molar-refractivity contribution in [2.45, 2.75) is 6.54 Å². The highest BCUT2D eigenvalue weighted by Gasteiger charge is 2.35. The minimum absolute atomic E-state index is 0.115. The monoisotopic (exact) mass is 445 g/mol. The molecule has 0 saturated carbocycles. The summed E-state index contributed by atoms with van der Waals surface area (Å²) in [5.41, 5.74) is 5.02. The van der Waals surface area contributed by atoms with Crippen molar-refractivity contribution in [3.63, 3.8) is 0 Å². The molecule has 29 heavy (non-hydrogen) atoms. The molecule has 0 spiro atoms. The van der Waals surface area contributed by atoms with E-state index in [1.165, 1.54) is 0 Å². The molecule has 1 N–H and O–H groups in total. The van der Waals surface area contributed by atoms with E-state index in [-0.39, 0.29) is 10.6 Å². The molecule has 0 saturated heterocycles. The maximum absolute atomic E-state index is 12.3. The van der Waals surface area contributed by atoms with E-state index in [4.69, 9.17) is 0 Å². The zero-order valence-corrected chi connectivity index (χ0v) is 16.9. The smallest absolute Gasteiger partial charge is 0.304 e. The van der Waals surface area contributed by atoms with Crippen molar-refractivity contribution in [3.05, 3.63) is 99.0 Å². The molecule has 2 heterocycles. The van der Waals surface area contributed by atoms with E-state index in [1.54, 1.807) is 0 Å². The Labute approximate surface area is 175 Å². The molecule has 0 fully saturated rings. The lowest BCUT2D eigenvalue weighted by Crippen LogP contribution is -2.13. The van der Waals surface area contributed by atoms with Crippen LogP contribution in [0.2, 0.25) is 0 Å². The van der Waals surface area contributed by atoms with E-state index in [0.717, 1.165) is 32.7 Å². The quantitative estimate of drug-likeness (QED) is 0.251. The van der Waals surface area contributed by atoms with E-state index in [1.807, 2.05) is 83.4 Å². The maximum Gasteiger partial charge on any atom is 0.304 e. The van der Waals surface area contributed by atoms with Gasteiger partial charge >= 0.3 is 5.69 Å². The molecule has 0 atom stereocenters. The van der Waals surface area contributed by atoms with Crippen LogP contribution in [-0.2, 0) is 6.54 Å². The summed E-state index contributed by atoms with van der Waals surface area (Å²) >= 11 is 3.50. The molecule has 3 aromatic carbocycles. The van der Waals surface area contributed by atoms with Crippen molar-refractivity contribution < 1.29 is 4.92 Å². The molecule has 142 valence electrons. The summed E-state index contributed by atoms with van der Waals surface area (Å²) in [7, 11) is 0. The maximum atomic E-state index is 12.3. The Morgan fingerprint density at radius 2 is 1.66 bits per heavy atom. The number of hydrogen-bond donors (Lipinski definition) is 1. The fourth-order valence-corrected chi connectivity index (χ4v) is 4.35.